The molecular weight excluding hydrogens is 288 g/mol. The van der Waals surface area contributed by atoms with Crippen molar-refractivity contribution in [3.05, 3.63) is 70.7 Å². The zero-order valence-corrected chi connectivity index (χ0v) is 12.9. The van der Waals surface area contributed by atoms with Gasteiger partial charge < -0.3 is 5.73 Å². The van der Waals surface area contributed by atoms with E-state index in [1.165, 1.54) is 11.1 Å². The lowest BCUT2D eigenvalue weighted by Gasteiger charge is -2.08. The first-order valence-corrected chi connectivity index (χ1v) is 7.77. The second kappa shape index (κ2) is 7.36. The molecule has 0 amide bonds. The van der Waals surface area contributed by atoms with E-state index < -0.39 is 0 Å². The molecule has 0 bridgehead atoms. The molecule has 0 aliphatic rings. The van der Waals surface area contributed by atoms with Gasteiger partial charge >= 0.3 is 0 Å². The average Bonchev–Trinajstić information content (AvgIpc) is 2.47. The molecule has 0 aliphatic heterocycles. The van der Waals surface area contributed by atoms with Crippen molar-refractivity contribution in [2.24, 2.45) is 10.7 Å². The van der Waals surface area contributed by atoms with Gasteiger partial charge in [0.25, 0.3) is 0 Å². The lowest BCUT2D eigenvalue weighted by atomic mass is 10.1. The van der Waals surface area contributed by atoms with Gasteiger partial charge in [0.2, 0.25) is 0 Å². The Morgan fingerprint density at radius 3 is 2.45 bits per heavy atom. The van der Waals surface area contributed by atoms with Crippen molar-refractivity contribution in [2.45, 2.75) is 18.7 Å². The molecule has 0 saturated carbocycles. The van der Waals surface area contributed by atoms with E-state index in [1.54, 1.807) is 11.8 Å². The minimum atomic E-state index is 0.0777. The van der Waals surface area contributed by atoms with Gasteiger partial charge in [0.15, 0.2) is 5.17 Å². The van der Waals surface area contributed by atoms with Crippen LogP contribution >= 0.6 is 23.4 Å². The van der Waals surface area contributed by atoms with Crippen molar-refractivity contribution < 1.29 is 0 Å². The summed E-state index contributed by atoms with van der Waals surface area (Å²) >= 11 is 7.40. The van der Waals surface area contributed by atoms with Gasteiger partial charge in [-0.1, -0.05) is 65.8 Å². The first kappa shape index (κ1) is 14.9. The Labute approximate surface area is 129 Å². The zero-order chi connectivity index (χ0) is 14.4. The molecule has 0 unspecified atom stereocenters. The van der Waals surface area contributed by atoms with Crippen LogP contribution in [0.3, 0.4) is 0 Å². The van der Waals surface area contributed by atoms with Crippen LogP contribution in [0.5, 0.6) is 0 Å². The molecule has 0 spiro atoms. The predicted octanol–water partition coefficient (Wildman–Crippen LogP) is 4.65. The first-order valence-electron chi connectivity index (χ1n) is 6.40. The highest BCUT2D eigenvalue weighted by atomic mass is 35.5. The highest BCUT2D eigenvalue weighted by molar-refractivity contribution is 8.13. The summed E-state index contributed by atoms with van der Waals surface area (Å²) < 4.78 is 0. The molecular formula is C16H17ClN2S. The molecule has 104 valence electrons. The molecule has 0 aromatic heterocycles. The van der Waals surface area contributed by atoms with Crippen LogP contribution in [0.1, 0.15) is 24.1 Å². The van der Waals surface area contributed by atoms with E-state index in [0.717, 1.165) is 10.8 Å². The molecule has 0 radical (unpaired) electrons. The highest BCUT2D eigenvalue weighted by Crippen LogP contribution is 2.19. The van der Waals surface area contributed by atoms with E-state index >= 15 is 0 Å². The fourth-order valence-electron chi connectivity index (χ4n) is 1.77. The van der Waals surface area contributed by atoms with Gasteiger partial charge in [-0.25, -0.2) is 0 Å². The largest absolute Gasteiger partial charge is 0.379 e. The Kier molecular flexibility index (Phi) is 5.50. The molecule has 2 N–H and O–H groups in total. The molecule has 2 aromatic carbocycles. The number of halogens is 1. The number of amidine groups is 1. The minimum Gasteiger partial charge on any atom is -0.379 e. The first-order chi connectivity index (χ1) is 9.65. The molecule has 2 rings (SSSR count). The maximum Gasteiger partial charge on any atom is 0.154 e. The van der Waals surface area contributed by atoms with Crippen molar-refractivity contribution in [3.8, 4) is 0 Å². The van der Waals surface area contributed by atoms with E-state index in [4.69, 9.17) is 17.3 Å². The lowest BCUT2D eigenvalue weighted by Crippen LogP contribution is -2.08. The molecule has 0 heterocycles. The Morgan fingerprint density at radius 1 is 1.15 bits per heavy atom. The minimum absolute atomic E-state index is 0.0777. The average molecular weight is 305 g/mol. The van der Waals surface area contributed by atoms with Gasteiger partial charge in [0.05, 0.1) is 6.04 Å². The molecule has 0 fully saturated rings. The smallest absolute Gasteiger partial charge is 0.154 e. The van der Waals surface area contributed by atoms with Crippen molar-refractivity contribution in [1.29, 1.82) is 0 Å². The zero-order valence-electron chi connectivity index (χ0n) is 11.3. The molecule has 2 nitrogen and oxygen atoms in total. The maximum absolute atomic E-state index is 5.98. The fraction of sp³-hybridized carbons (Fsp3) is 0.188. The van der Waals surface area contributed by atoms with Crippen LogP contribution in [-0.2, 0) is 5.75 Å². The van der Waals surface area contributed by atoms with E-state index in [9.17, 15) is 0 Å². The quantitative estimate of drug-likeness (QED) is 0.659. The Morgan fingerprint density at radius 2 is 1.80 bits per heavy atom. The summed E-state index contributed by atoms with van der Waals surface area (Å²) in [6, 6.07) is 18.0. The van der Waals surface area contributed by atoms with Crippen LogP contribution < -0.4 is 5.73 Å². The van der Waals surface area contributed by atoms with Gasteiger partial charge in [0, 0.05) is 10.8 Å². The number of benzene rings is 2. The van der Waals surface area contributed by atoms with Crippen LogP contribution in [0.15, 0.2) is 59.6 Å². The van der Waals surface area contributed by atoms with E-state index in [0.29, 0.717) is 5.17 Å². The standard InChI is InChI=1S/C16H17ClN2S/c1-12(14-5-3-2-4-6-14)19-16(18)20-11-13-7-9-15(17)10-8-13/h2-10,12H,11H2,1H3,(H2,18,19)/t12-/m1/s1. The number of nitrogens with two attached hydrogens (primary N) is 1. The second-order valence-corrected chi connectivity index (χ2v) is 5.90. The highest BCUT2D eigenvalue weighted by Gasteiger charge is 2.04. The second-order valence-electron chi connectivity index (χ2n) is 4.47. The summed E-state index contributed by atoms with van der Waals surface area (Å²) in [7, 11) is 0. The Bertz CT molecular complexity index is 567. The van der Waals surface area contributed by atoms with Crippen molar-refractivity contribution in [3.63, 3.8) is 0 Å². The summed E-state index contributed by atoms with van der Waals surface area (Å²) in [5.41, 5.74) is 8.33. The van der Waals surface area contributed by atoms with Gasteiger partial charge in [-0.3, -0.25) is 4.99 Å². The van der Waals surface area contributed by atoms with Gasteiger partial charge in [0.1, 0.15) is 0 Å². The molecule has 20 heavy (non-hydrogen) atoms. The molecule has 0 saturated heterocycles. The summed E-state index contributed by atoms with van der Waals surface area (Å²) in [5.74, 6) is 0.800. The molecule has 4 heteroatoms. The van der Waals surface area contributed by atoms with Gasteiger partial charge in [-0.15, -0.1) is 0 Å². The van der Waals surface area contributed by atoms with E-state index in [1.807, 2.05) is 49.4 Å². The normalized spacial score (nSPS) is 13.2. The predicted molar refractivity (Wildman–Crippen MR) is 89.2 cm³/mol. The third kappa shape index (κ3) is 4.58. The van der Waals surface area contributed by atoms with Crippen LogP contribution in [0.4, 0.5) is 0 Å². The topological polar surface area (TPSA) is 38.4 Å². The number of aliphatic imine (C=N–C) groups is 1. The number of thioether (sulfide) groups is 1. The number of hydrogen-bond acceptors (Lipinski definition) is 2. The van der Waals surface area contributed by atoms with E-state index in [2.05, 4.69) is 17.1 Å². The van der Waals surface area contributed by atoms with Crippen molar-refractivity contribution in [2.75, 3.05) is 0 Å². The van der Waals surface area contributed by atoms with Crippen LogP contribution in [-0.4, -0.2) is 5.17 Å². The summed E-state index contributed by atoms with van der Waals surface area (Å²) in [6.07, 6.45) is 0. The summed E-state index contributed by atoms with van der Waals surface area (Å²) in [5, 5.41) is 1.36. The molecule has 2 aromatic rings. The Balaban J connectivity index is 1.92. The lowest BCUT2D eigenvalue weighted by molar-refractivity contribution is 0.822. The van der Waals surface area contributed by atoms with Crippen molar-refractivity contribution in [1.82, 2.24) is 0 Å². The van der Waals surface area contributed by atoms with Gasteiger partial charge in [-0.05, 0) is 30.2 Å². The number of hydrogen-bond donors (Lipinski definition) is 1. The third-order valence-corrected chi connectivity index (χ3v) is 4.03. The number of rotatable bonds is 4. The molecule has 1 atom stereocenters. The SMILES string of the molecule is C[C@@H](N=C(N)SCc1ccc(Cl)cc1)c1ccccc1. The Hall–Kier alpha value is -1.45. The van der Waals surface area contributed by atoms with Crippen molar-refractivity contribution >= 4 is 28.5 Å². The fourth-order valence-corrected chi connectivity index (χ4v) is 2.64. The monoisotopic (exact) mass is 304 g/mol. The maximum atomic E-state index is 5.98. The van der Waals surface area contributed by atoms with Gasteiger partial charge in [-0.2, -0.15) is 0 Å². The third-order valence-electron chi connectivity index (χ3n) is 2.90. The van der Waals surface area contributed by atoms with E-state index in [-0.39, 0.29) is 6.04 Å². The summed E-state index contributed by atoms with van der Waals surface area (Å²) in [4.78, 5) is 4.51. The van der Waals surface area contributed by atoms with Crippen LogP contribution in [0, 0.1) is 0 Å². The van der Waals surface area contributed by atoms with Crippen LogP contribution in [0.25, 0.3) is 0 Å². The summed E-state index contributed by atoms with van der Waals surface area (Å²) in [6.45, 7) is 2.05. The molecule has 0 aliphatic carbocycles. The number of nitrogens with zero attached hydrogens (tertiary/aromatic N) is 1. The van der Waals surface area contributed by atoms with Crippen LogP contribution in [0.2, 0.25) is 5.02 Å².